The molecule has 5 rings (SSSR count). The molecule has 0 fully saturated rings. The van der Waals surface area contributed by atoms with Gasteiger partial charge in [0.15, 0.2) is 0 Å². The van der Waals surface area contributed by atoms with Gasteiger partial charge in [-0.25, -0.2) is 9.78 Å². The van der Waals surface area contributed by atoms with Crippen LogP contribution in [-0.2, 0) is 6.54 Å². The molecule has 3 heterocycles. The molecule has 8 heteroatoms. The number of fused-ring (bicyclic) bond motifs is 2. The van der Waals surface area contributed by atoms with Gasteiger partial charge in [-0.1, -0.05) is 17.7 Å². The van der Waals surface area contributed by atoms with Gasteiger partial charge in [0.05, 0.1) is 28.6 Å². The topological polar surface area (TPSA) is 93.4 Å². The molecule has 0 atom stereocenters. The average molecular weight is 418 g/mol. The molecule has 1 aliphatic rings. The van der Waals surface area contributed by atoms with E-state index in [1.54, 1.807) is 48.8 Å². The molecule has 2 aromatic heterocycles. The highest BCUT2D eigenvalue weighted by Gasteiger charge is 2.36. The number of hydrogen-bond acceptors (Lipinski definition) is 6. The molecule has 7 nitrogen and oxygen atoms in total. The molecule has 2 amide bonds. The number of amides is 2. The van der Waals surface area contributed by atoms with Gasteiger partial charge in [-0.05, 0) is 48.0 Å². The minimum Gasteiger partial charge on any atom is -0.403 e. The Labute approximate surface area is 174 Å². The van der Waals surface area contributed by atoms with Gasteiger partial charge in [0.2, 0.25) is 5.89 Å². The molecule has 0 spiro atoms. The van der Waals surface area contributed by atoms with Gasteiger partial charge < -0.3 is 4.42 Å². The second-order valence-corrected chi connectivity index (χ2v) is 7.22. The Morgan fingerprint density at radius 3 is 2.60 bits per heavy atom. The van der Waals surface area contributed by atoms with E-state index in [2.05, 4.69) is 9.97 Å². The number of carbonyl (C=O) groups is 2. The zero-order chi connectivity index (χ0) is 20.8. The van der Waals surface area contributed by atoms with Crippen LogP contribution >= 0.6 is 11.6 Å². The summed E-state index contributed by atoms with van der Waals surface area (Å²) in [6.45, 7) is 0.125. The van der Waals surface area contributed by atoms with Crippen LogP contribution in [0, 0.1) is 0 Å². The predicted molar refractivity (Wildman–Crippen MR) is 109 cm³/mol. The highest BCUT2D eigenvalue weighted by atomic mass is 35.5. The van der Waals surface area contributed by atoms with Crippen LogP contribution in [0.15, 0.2) is 70.1 Å². The molecule has 0 N–H and O–H groups in total. The van der Waals surface area contributed by atoms with Crippen LogP contribution in [0.5, 0.6) is 0 Å². The summed E-state index contributed by atoms with van der Waals surface area (Å²) in [4.78, 5) is 47.4. The second-order valence-electron chi connectivity index (χ2n) is 6.79. The van der Waals surface area contributed by atoms with E-state index in [-0.39, 0.29) is 29.3 Å². The lowest BCUT2D eigenvalue weighted by atomic mass is 10.1. The summed E-state index contributed by atoms with van der Waals surface area (Å²) in [6, 6.07) is 12.9. The minimum atomic E-state index is -0.585. The molecule has 0 aliphatic carbocycles. The average Bonchev–Trinajstić information content (AvgIpc) is 2.99. The zero-order valence-electron chi connectivity index (χ0n) is 15.3. The number of hydrogen-bond donors (Lipinski definition) is 0. The molecule has 1 aliphatic heterocycles. The summed E-state index contributed by atoms with van der Waals surface area (Å²) in [7, 11) is 0. The van der Waals surface area contributed by atoms with E-state index in [1.165, 1.54) is 12.1 Å². The Kier molecular flexibility index (Phi) is 4.18. The summed E-state index contributed by atoms with van der Waals surface area (Å²) >= 11 is 5.93. The lowest BCUT2D eigenvalue weighted by Gasteiger charge is -2.13. The summed E-state index contributed by atoms with van der Waals surface area (Å²) in [5.41, 5.74) is 1.54. The Hall–Kier alpha value is -3.84. The van der Waals surface area contributed by atoms with E-state index in [1.807, 2.05) is 0 Å². The number of imide groups is 1. The number of pyridine rings is 1. The fraction of sp³-hybridized carbons (Fsp3) is 0.0455. The van der Waals surface area contributed by atoms with Crippen molar-refractivity contribution in [3.05, 3.63) is 93.1 Å². The molecular weight excluding hydrogens is 406 g/mol. The van der Waals surface area contributed by atoms with Crippen LogP contribution in [0.1, 0.15) is 26.3 Å². The Morgan fingerprint density at radius 2 is 1.80 bits per heavy atom. The van der Waals surface area contributed by atoms with E-state index in [0.29, 0.717) is 21.7 Å². The third-order valence-corrected chi connectivity index (χ3v) is 5.11. The summed E-state index contributed by atoms with van der Waals surface area (Å²) < 4.78 is 5.33. The van der Waals surface area contributed by atoms with Crippen LogP contribution < -0.4 is 5.63 Å². The summed E-state index contributed by atoms with van der Waals surface area (Å²) in [5, 5.41) is 0.668. The quantitative estimate of drug-likeness (QED) is 0.472. The molecule has 0 saturated carbocycles. The van der Waals surface area contributed by atoms with Gasteiger partial charge in [0.1, 0.15) is 0 Å². The molecule has 30 heavy (non-hydrogen) atoms. The van der Waals surface area contributed by atoms with Crippen molar-refractivity contribution in [1.82, 2.24) is 14.9 Å². The predicted octanol–water partition coefficient (Wildman–Crippen LogP) is 3.70. The maximum absolute atomic E-state index is 12.9. The number of halogens is 1. The smallest absolute Gasteiger partial charge is 0.347 e. The zero-order valence-corrected chi connectivity index (χ0v) is 16.1. The molecular formula is C22H12ClN3O4. The monoisotopic (exact) mass is 417 g/mol. The first kappa shape index (κ1) is 18.2. The third kappa shape index (κ3) is 2.96. The number of aromatic nitrogens is 2. The third-order valence-electron chi connectivity index (χ3n) is 4.87. The van der Waals surface area contributed by atoms with Crippen molar-refractivity contribution in [2.24, 2.45) is 0 Å². The van der Waals surface area contributed by atoms with Crippen LogP contribution in [-0.4, -0.2) is 26.7 Å². The van der Waals surface area contributed by atoms with E-state index in [4.69, 9.17) is 16.0 Å². The highest BCUT2D eigenvalue weighted by molar-refractivity contribution is 6.31. The summed E-state index contributed by atoms with van der Waals surface area (Å²) in [6.07, 6.45) is 3.23. The van der Waals surface area contributed by atoms with E-state index < -0.39 is 11.5 Å². The van der Waals surface area contributed by atoms with Gasteiger partial charge in [0.25, 0.3) is 11.8 Å². The van der Waals surface area contributed by atoms with Crippen molar-refractivity contribution in [3.8, 4) is 11.5 Å². The van der Waals surface area contributed by atoms with Gasteiger partial charge in [0, 0.05) is 23.0 Å². The van der Waals surface area contributed by atoms with Crippen LogP contribution in [0.25, 0.3) is 22.4 Å². The van der Waals surface area contributed by atoms with Crippen LogP contribution in [0.4, 0.5) is 0 Å². The van der Waals surface area contributed by atoms with Gasteiger partial charge in [-0.15, -0.1) is 0 Å². The first-order valence-electron chi connectivity index (χ1n) is 9.01. The Morgan fingerprint density at radius 1 is 0.967 bits per heavy atom. The molecule has 146 valence electrons. The Balaban J connectivity index is 1.54. The molecule has 0 radical (unpaired) electrons. The normalized spacial score (nSPS) is 13.2. The molecule has 0 saturated heterocycles. The second kappa shape index (κ2) is 6.89. The van der Waals surface area contributed by atoms with Crippen LogP contribution in [0.3, 0.4) is 0 Å². The molecule has 0 bridgehead atoms. The van der Waals surface area contributed by atoms with E-state index >= 15 is 0 Å². The molecule has 2 aromatic carbocycles. The first-order valence-corrected chi connectivity index (χ1v) is 9.39. The summed E-state index contributed by atoms with van der Waals surface area (Å²) in [5.74, 6) is -0.743. The largest absolute Gasteiger partial charge is 0.403 e. The molecule has 0 unspecified atom stereocenters. The van der Waals surface area contributed by atoms with Crippen molar-refractivity contribution >= 4 is 34.3 Å². The minimum absolute atomic E-state index is 0.0589. The number of benzene rings is 2. The maximum Gasteiger partial charge on any atom is 0.347 e. The SMILES string of the molecule is O=C1c2ccc(-c3nc4ccc(Cl)cc4c(=O)o3)cc2C(=O)N1Cc1cccnc1. The van der Waals surface area contributed by atoms with Crippen molar-refractivity contribution in [2.75, 3.05) is 0 Å². The fourth-order valence-corrected chi connectivity index (χ4v) is 3.58. The van der Waals surface area contributed by atoms with E-state index in [0.717, 1.165) is 10.5 Å². The van der Waals surface area contributed by atoms with Gasteiger partial charge >= 0.3 is 5.63 Å². The number of nitrogens with zero attached hydrogens (tertiary/aromatic N) is 3. The van der Waals surface area contributed by atoms with Crippen molar-refractivity contribution < 1.29 is 14.0 Å². The lowest BCUT2D eigenvalue weighted by Crippen LogP contribution is -2.29. The van der Waals surface area contributed by atoms with E-state index in [9.17, 15) is 14.4 Å². The lowest BCUT2D eigenvalue weighted by molar-refractivity contribution is 0.0642. The van der Waals surface area contributed by atoms with Gasteiger partial charge in [-0.2, -0.15) is 0 Å². The highest BCUT2D eigenvalue weighted by Crippen LogP contribution is 2.29. The van der Waals surface area contributed by atoms with Crippen LogP contribution in [0.2, 0.25) is 5.02 Å². The van der Waals surface area contributed by atoms with Crippen molar-refractivity contribution in [2.45, 2.75) is 6.54 Å². The fourth-order valence-electron chi connectivity index (χ4n) is 3.41. The number of rotatable bonds is 3. The maximum atomic E-state index is 12.9. The van der Waals surface area contributed by atoms with Crippen molar-refractivity contribution in [1.29, 1.82) is 0 Å². The molecule has 4 aromatic rings. The standard InChI is InChI=1S/C22H12ClN3O4/c23-14-4-6-18-17(9-14)22(29)30-19(25-18)13-3-5-15-16(8-13)21(28)26(20(15)27)11-12-2-1-7-24-10-12/h1-10H,11H2. The van der Waals surface area contributed by atoms with Gasteiger partial charge in [-0.3, -0.25) is 19.5 Å². The Bertz CT molecular complexity index is 1400. The van der Waals surface area contributed by atoms with Crippen molar-refractivity contribution in [3.63, 3.8) is 0 Å². The first-order chi connectivity index (χ1) is 14.5. The number of carbonyl (C=O) groups excluding carboxylic acids is 2.